The Kier molecular flexibility index (Phi) is 5.33. The lowest BCUT2D eigenvalue weighted by Gasteiger charge is -2.43. The molecule has 0 amide bonds. The van der Waals surface area contributed by atoms with Gasteiger partial charge in [0, 0.05) is 5.92 Å². The van der Waals surface area contributed by atoms with E-state index in [2.05, 4.69) is 0 Å². The first-order chi connectivity index (χ1) is 11.0. The first-order valence-corrected chi connectivity index (χ1v) is 11.3. The van der Waals surface area contributed by atoms with Gasteiger partial charge in [0.15, 0.2) is 9.70 Å². The zero-order valence-corrected chi connectivity index (χ0v) is 15.6. The van der Waals surface area contributed by atoms with Gasteiger partial charge in [0.05, 0.1) is 11.5 Å². The van der Waals surface area contributed by atoms with Crippen molar-refractivity contribution in [3.63, 3.8) is 0 Å². The molecule has 128 valence electrons. The highest BCUT2D eigenvalue weighted by Gasteiger charge is 2.53. The van der Waals surface area contributed by atoms with E-state index < -0.39 is 19.5 Å². The molecule has 2 atom stereocenters. The minimum atomic E-state index is -3.49. The Labute approximate surface area is 146 Å². The summed E-state index contributed by atoms with van der Waals surface area (Å²) in [6.45, 7) is 2.25. The molecule has 0 spiro atoms. The van der Waals surface area contributed by atoms with Crippen molar-refractivity contribution in [3.8, 4) is 0 Å². The van der Waals surface area contributed by atoms with E-state index in [9.17, 15) is 13.5 Å². The van der Waals surface area contributed by atoms with Gasteiger partial charge in [-0.3, -0.25) is 0 Å². The molecule has 0 radical (unpaired) electrons. The molecule has 2 heterocycles. The van der Waals surface area contributed by atoms with Gasteiger partial charge in [0.1, 0.15) is 0 Å². The topological polar surface area (TPSA) is 63.6 Å². The van der Waals surface area contributed by atoms with Gasteiger partial charge in [0.2, 0.25) is 9.84 Å². The monoisotopic (exact) mass is 374 g/mol. The molecular weight excluding hydrogens is 352 g/mol. The molecule has 2 fully saturated rings. The second-order valence-electron chi connectivity index (χ2n) is 6.03. The number of aryl methyl sites for hydroxylation is 1. The zero-order valence-electron chi connectivity index (χ0n) is 13.1. The van der Waals surface area contributed by atoms with Gasteiger partial charge in [-0.15, -0.1) is 23.5 Å². The summed E-state index contributed by atoms with van der Waals surface area (Å²) < 4.78 is 31.4. The van der Waals surface area contributed by atoms with Crippen molar-refractivity contribution in [1.29, 1.82) is 0 Å². The Morgan fingerprint density at radius 1 is 1.17 bits per heavy atom. The molecule has 23 heavy (non-hydrogen) atoms. The van der Waals surface area contributed by atoms with Crippen LogP contribution < -0.4 is 0 Å². The average molecular weight is 375 g/mol. The van der Waals surface area contributed by atoms with Crippen LogP contribution in [0, 0.1) is 12.8 Å². The Morgan fingerprint density at radius 2 is 1.83 bits per heavy atom. The van der Waals surface area contributed by atoms with Gasteiger partial charge < -0.3 is 9.84 Å². The van der Waals surface area contributed by atoms with E-state index in [0.717, 1.165) is 23.5 Å². The number of hydrogen-bond donors (Lipinski definition) is 1. The number of rotatable bonds is 3. The minimum Gasteiger partial charge on any atom is -0.368 e. The summed E-state index contributed by atoms with van der Waals surface area (Å²) >= 11 is 3.08. The molecule has 0 saturated carbocycles. The van der Waals surface area contributed by atoms with E-state index in [1.807, 2.05) is 19.1 Å². The molecule has 2 saturated heterocycles. The van der Waals surface area contributed by atoms with Crippen LogP contribution in [0.5, 0.6) is 0 Å². The van der Waals surface area contributed by atoms with Crippen molar-refractivity contribution in [2.75, 3.05) is 18.1 Å². The highest BCUT2D eigenvalue weighted by molar-refractivity contribution is 8.31. The molecule has 1 N–H and O–H groups in total. The maximum Gasteiger partial charge on any atom is 0.203 e. The van der Waals surface area contributed by atoms with Gasteiger partial charge in [-0.1, -0.05) is 17.7 Å². The van der Waals surface area contributed by atoms with Crippen LogP contribution in [0.15, 0.2) is 29.2 Å². The van der Waals surface area contributed by atoms with Crippen molar-refractivity contribution in [1.82, 2.24) is 0 Å². The fourth-order valence-electron chi connectivity index (χ4n) is 3.04. The maximum absolute atomic E-state index is 13.4. The lowest BCUT2D eigenvalue weighted by Crippen LogP contribution is -2.46. The van der Waals surface area contributed by atoms with Crippen LogP contribution in [0.3, 0.4) is 0 Å². The summed E-state index contributed by atoms with van der Waals surface area (Å²) in [5.74, 6) is 1.58. The molecule has 7 heteroatoms. The van der Waals surface area contributed by atoms with Crippen LogP contribution in [-0.4, -0.2) is 41.3 Å². The van der Waals surface area contributed by atoms with Gasteiger partial charge in [-0.2, -0.15) is 0 Å². The second kappa shape index (κ2) is 6.96. The molecule has 0 aliphatic carbocycles. The Balaban J connectivity index is 1.99. The molecule has 2 unspecified atom stereocenters. The highest BCUT2D eigenvalue weighted by Crippen LogP contribution is 2.55. The summed E-state index contributed by atoms with van der Waals surface area (Å²) in [5, 5.41) is 9.57. The van der Waals surface area contributed by atoms with E-state index in [1.165, 1.54) is 23.5 Å². The second-order valence-corrected chi connectivity index (χ2v) is 11.6. The summed E-state index contributed by atoms with van der Waals surface area (Å²) in [4.78, 5) is 0.385. The zero-order chi connectivity index (χ0) is 16.5. The number of thioether (sulfide) groups is 2. The number of ether oxygens (including phenoxy) is 1. The lowest BCUT2D eigenvalue weighted by molar-refractivity contribution is -0.139. The maximum atomic E-state index is 13.4. The molecule has 0 aromatic heterocycles. The third kappa shape index (κ3) is 3.31. The number of aliphatic hydroxyl groups is 1. The van der Waals surface area contributed by atoms with Crippen LogP contribution in [0.2, 0.25) is 0 Å². The quantitative estimate of drug-likeness (QED) is 0.877. The Bertz CT molecular complexity index is 628. The molecular formula is C16H22O4S3. The molecule has 0 bridgehead atoms. The summed E-state index contributed by atoms with van der Waals surface area (Å²) in [7, 11) is -3.49. The molecule has 3 rings (SSSR count). The SMILES string of the molecule is Cc1ccc(S(=O)(=O)C2(C3CCC(O)OC3)SCCCS2)cc1. The van der Waals surface area contributed by atoms with Crippen molar-refractivity contribution >= 4 is 33.4 Å². The standard InChI is InChI=1S/C16H22O4S3/c1-12-3-6-14(7-4-12)23(18,19)16(21-9-2-10-22-16)13-5-8-15(17)20-11-13/h3-4,6-7,13,15,17H,2,5,8-11H2,1H3. The molecule has 1 aromatic rings. The average Bonchev–Trinajstić information content (AvgIpc) is 2.56. The van der Waals surface area contributed by atoms with Crippen molar-refractivity contribution < 1.29 is 18.3 Å². The van der Waals surface area contributed by atoms with Gasteiger partial charge in [-0.05, 0) is 49.8 Å². The number of hydrogen-bond acceptors (Lipinski definition) is 6. The number of aliphatic hydroxyl groups excluding tert-OH is 1. The third-order valence-corrected chi connectivity index (χ3v) is 11.5. The smallest absolute Gasteiger partial charge is 0.203 e. The van der Waals surface area contributed by atoms with Crippen LogP contribution >= 0.6 is 23.5 Å². The van der Waals surface area contributed by atoms with Crippen LogP contribution in [0.25, 0.3) is 0 Å². The first kappa shape index (κ1) is 17.6. The first-order valence-electron chi connectivity index (χ1n) is 7.84. The molecule has 1 aromatic carbocycles. The Hall–Kier alpha value is -0.210. The van der Waals surface area contributed by atoms with Crippen molar-refractivity contribution in [3.05, 3.63) is 29.8 Å². The predicted octanol–water partition coefficient (Wildman–Crippen LogP) is 3.04. The number of benzene rings is 1. The highest BCUT2D eigenvalue weighted by atomic mass is 32.3. The molecule has 2 aliphatic heterocycles. The fourth-order valence-corrected chi connectivity index (χ4v) is 9.81. The minimum absolute atomic E-state index is 0.104. The van der Waals surface area contributed by atoms with E-state index in [1.54, 1.807) is 12.1 Å². The predicted molar refractivity (Wildman–Crippen MR) is 95.3 cm³/mol. The van der Waals surface area contributed by atoms with Crippen LogP contribution in [-0.2, 0) is 14.6 Å². The summed E-state index contributed by atoms with van der Waals surface area (Å²) in [6.07, 6.45) is 1.43. The van der Waals surface area contributed by atoms with E-state index >= 15 is 0 Å². The summed E-state index contributed by atoms with van der Waals surface area (Å²) in [5.41, 5.74) is 1.05. The van der Waals surface area contributed by atoms with Crippen LogP contribution in [0.4, 0.5) is 0 Å². The number of sulfone groups is 1. The lowest BCUT2D eigenvalue weighted by atomic mass is 10.0. The van der Waals surface area contributed by atoms with Crippen molar-refractivity contribution in [2.24, 2.45) is 5.92 Å². The van der Waals surface area contributed by atoms with Crippen LogP contribution in [0.1, 0.15) is 24.8 Å². The fraction of sp³-hybridized carbons (Fsp3) is 0.625. The van der Waals surface area contributed by atoms with Gasteiger partial charge in [-0.25, -0.2) is 8.42 Å². The third-order valence-electron chi connectivity index (χ3n) is 4.35. The van der Waals surface area contributed by atoms with Crippen molar-refractivity contribution in [2.45, 2.75) is 40.8 Å². The van der Waals surface area contributed by atoms with Gasteiger partial charge >= 0.3 is 0 Å². The van der Waals surface area contributed by atoms with E-state index in [-0.39, 0.29) is 5.92 Å². The summed E-state index contributed by atoms with van der Waals surface area (Å²) in [6, 6.07) is 7.11. The molecule has 4 nitrogen and oxygen atoms in total. The normalized spacial score (nSPS) is 28.4. The van der Waals surface area contributed by atoms with Gasteiger partial charge in [0.25, 0.3) is 0 Å². The Morgan fingerprint density at radius 3 is 2.39 bits per heavy atom. The van der Waals surface area contributed by atoms with E-state index in [4.69, 9.17) is 4.74 Å². The largest absolute Gasteiger partial charge is 0.368 e. The van der Waals surface area contributed by atoms with E-state index in [0.29, 0.717) is 24.3 Å². The molecule has 2 aliphatic rings.